The minimum absolute atomic E-state index is 0.0366. The van der Waals surface area contributed by atoms with Gasteiger partial charge in [0, 0.05) is 25.4 Å². The number of sulfonamides is 1. The predicted molar refractivity (Wildman–Crippen MR) is 75.2 cm³/mol. The van der Waals surface area contributed by atoms with Gasteiger partial charge in [0.05, 0.1) is 17.1 Å². The number of fused-ring (bicyclic) bond motifs is 1. The fourth-order valence-corrected chi connectivity index (χ4v) is 4.06. The van der Waals surface area contributed by atoms with Crippen LogP contribution in [0, 0.1) is 0 Å². The topological polar surface area (TPSA) is 86.6 Å². The summed E-state index contributed by atoms with van der Waals surface area (Å²) in [5.41, 5.74) is 0. The number of aromatic nitrogens is 3. The van der Waals surface area contributed by atoms with E-state index in [0.717, 1.165) is 0 Å². The third-order valence-electron chi connectivity index (χ3n) is 3.80. The second-order valence-electron chi connectivity index (χ2n) is 5.16. The van der Waals surface area contributed by atoms with Crippen LogP contribution in [-0.4, -0.2) is 54.0 Å². The Labute approximate surface area is 127 Å². The van der Waals surface area contributed by atoms with Gasteiger partial charge in [0.2, 0.25) is 10.0 Å². The number of hydrogen-bond acceptors (Lipinski definition) is 6. The summed E-state index contributed by atoms with van der Waals surface area (Å²) in [6.45, 7) is 1.68. The maximum Gasteiger partial charge on any atom is 0.243 e. The van der Waals surface area contributed by atoms with Crippen molar-refractivity contribution in [2.24, 2.45) is 0 Å². The van der Waals surface area contributed by atoms with Crippen LogP contribution in [0.3, 0.4) is 0 Å². The van der Waals surface area contributed by atoms with Crippen molar-refractivity contribution in [2.45, 2.75) is 10.9 Å². The van der Waals surface area contributed by atoms with Crippen LogP contribution in [0.25, 0.3) is 0 Å². The summed E-state index contributed by atoms with van der Waals surface area (Å²) < 4.78 is 39.1. The van der Waals surface area contributed by atoms with Gasteiger partial charge in [-0.2, -0.15) is 4.31 Å². The van der Waals surface area contributed by atoms with Crippen LogP contribution in [0.5, 0.6) is 11.5 Å². The summed E-state index contributed by atoms with van der Waals surface area (Å²) in [5.74, 6) is 1.05. The van der Waals surface area contributed by atoms with Crippen molar-refractivity contribution < 1.29 is 17.9 Å². The zero-order valence-corrected chi connectivity index (χ0v) is 12.4. The Balaban J connectivity index is 1.55. The predicted octanol–water partition coefficient (Wildman–Crippen LogP) is 0.295. The Morgan fingerprint density at radius 1 is 1.14 bits per heavy atom. The maximum atomic E-state index is 12.6. The van der Waals surface area contributed by atoms with Crippen molar-refractivity contribution in [3.8, 4) is 11.5 Å². The molecule has 1 fully saturated rings. The first-order valence-electron chi connectivity index (χ1n) is 6.90. The highest BCUT2D eigenvalue weighted by atomic mass is 32.2. The molecule has 1 saturated heterocycles. The van der Waals surface area contributed by atoms with Crippen molar-refractivity contribution in [1.82, 2.24) is 19.3 Å². The smallest absolute Gasteiger partial charge is 0.243 e. The number of benzene rings is 1. The molecular weight excluding hydrogens is 308 g/mol. The van der Waals surface area contributed by atoms with Gasteiger partial charge in [-0.05, 0) is 12.1 Å². The molecular formula is C13H14N4O4S. The molecule has 0 radical (unpaired) electrons. The number of hydrogen-bond donors (Lipinski definition) is 0. The van der Waals surface area contributed by atoms with E-state index in [1.807, 2.05) is 0 Å². The van der Waals surface area contributed by atoms with Crippen LogP contribution in [0.15, 0.2) is 35.5 Å². The van der Waals surface area contributed by atoms with Crippen molar-refractivity contribution in [3.05, 3.63) is 30.6 Å². The summed E-state index contributed by atoms with van der Waals surface area (Å²) in [4.78, 5) is 0.216. The summed E-state index contributed by atoms with van der Waals surface area (Å²) in [7, 11) is -3.52. The van der Waals surface area contributed by atoms with Gasteiger partial charge in [-0.25, -0.2) is 13.1 Å². The second kappa shape index (κ2) is 4.96. The molecule has 2 aromatic rings. The van der Waals surface area contributed by atoms with E-state index in [0.29, 0.717) is 37.8 Å². The third kappa shape index (κ3) is 2.13. The van der Waals surface area contributed by atoms with E-state index >= 15 is 0 Å². The Kier molecular flexibility index (Phi) is 3.05. The Bertz CT molecular complexity index is 784. The van der Waals surface area contributed by atoms with E-state index in [-0.39, 0.29) is 10.9 Å². The van der Waals surface area contributed by atoms with Crippen LogP contribution >= 0.6 is 0 Å². The Morgan fingerprint density at radius 2 is 1.91 bits per heavy atom. The first kappa shape index (κ1) is 13.5. The Morgan fingerprint density at radius 3 is 2.64 bits per heavy atom. The van der Waals surface area contributed by atoms with E-state index < -0.39 is 10.0 Å². The van der Waals surface area contributed by atoms with Gasteiger partial charge < -0.3 is 9.47 Å². The van der Waals surface area contributed by atoms with Crippen LogP contribution in [-0.2, 0) is 10.0 Å². The number of ether oxygens (including phenoxy) is 2. The lowest BCUT2D eigenvalue weighted by Crippen LogP contribution is -2.50. The molecule has 3 heterocycles. The molecule has 0 N–H and O–H groups in total. The molecule has 4 rings (SSSR count). The third-order valence-corrected chi connectivity index (χ3v) is 5.62. The fourth-order valence-electron chi connectivity index (χ4n) is 2.53. The molecule has 8 nitrogen and oxygen atoms in total. The summed E-state index contributed by atoms with van der Waals surface area (Å²) in [6.07, 6.45) is 3.32. The minimum atomic E-state index is -3.52. The van der Waals surface area contributed by atoms with E-state index in [9.17, 15) is 8.42 Å². The molecule has 2 aliphatic heterocycles. The molecule has 2 aliphatic rings. The van der Waals surface area contributed by atoms with Crippen molar-refractivity contribution >= 4 is 10.0 Å². The van der Waals surface area contributed by atoms with Crippen LogP contribution in [0.4, 0.5) is 0 Å². The van der Waals surface area contributed by atoms with Crippen LogP contribution in [0.2, 0.25) is 0 Å². The van der Waals surface area contributed by atoms with Gasteiger partial charge in [-0.15, -0.1) is 5.10 Å². The van der Waals surface area contributed by atoms with Gasteiger partial charge in [-0.3, -0.25) is 0 Å². The van der Waals surface area contributed by atoms with Crippen LogP contribution in [0.1, 0.15) is 6.04 Å². The fraction of sp³-hybridized carbons (Fsp3) is 0.385. The lowest BCUT2D eigenvalue weighted by Gasteiger charge is -2.37. The van der Waals surface area contributed by atoms with Gasteiger partial charge >= 0.3 is 0 Å². The van der Waals surface area contributed by atoms with Crippen molar-refractivity contribution in [2.75, 3.05) is 26.3 Å². The lowest BCUT2D eigenvalue weighted by atomic mass is 10.2. The highest BCUT2D eigenvalue weighted by Crippen LogP contribution is 2.35. The first-order valence-corrected chi connectivity index (χ1v) is 8.34. The average molecular weight is 322 g/mol. The monoisotopic (exact) mass is 322 g/mol. The van der Waals surface area contributed by atoms with E-state index in [2.05, 4.69) is 10.3 Å². The average Bonchev–Trinajstić information content (AvgIpc) is 2.99. The standard InChI is InChI=1S/C13H14N4O4S/c18-22(19,16-8-10(9-16)17-4-3-14-15-17)11-1-2-12-13(7-11)21-6-5-20-12/h1-4,7,10H,5-6,8-9H2. The minimum Gasteiger partial charge on any atom is -0.486 e. The zero-order chi connectivity index (χ0) is 15.2. The Hall–Kier alpha value is -2.13. The second-order valence-corrected chi connectivity index (χ2v) is 7.10. The molecule has 1 aromatic carbocycles. The van der Waals surface area contributed by atoms with Gasteiger partial charge in [0.15, 0.2) is 11.5 Å². The molecule has 116 valence electrons. The largest absolute Gasteiger partial charge is 0.486 e. The SMILES string of the molecule is O=S(=O)(c1ccc2c(c1)OCCO2)N1CC(n2ccnn2)C1. The maximum absolute atomic E-state index is 12.6. The van der Waals surface area contributed by atoms with Gasteiger partial charge in [0.25, 0.3) is 0 Å². The van der Waals surface area contributed by atoms with E-state index in [4.69, 9.17) is 9.47 Å². The molecule has 0 saturated carbocycles. The van der Waals surface area contributed by atoms with Crippen molar-refractivity contribution in [1.29, 1.82) is 0 Å². The van der Waals surface area contributed by atoms with E-state index in [1.165, 1.54) is 10.4 Å². The van der Waals surface area contributed by atoms with Crippen molar-refractivity contribution in [3.63, 3.8) is 0 Å². The summed E-state index contributed by atoms with van der Waals surface area (Å²) in [6, 6.07) is 4.74. The number of rotatable bonds is 3. The molecule has 0 spiro atoms. The molecule has 9 heteroatoms. The summed E-state index contributed by atoms with van der Waals surface area (Å²) >= 11 is 0. The van der Waals surface area contributed by atoms with Crippen LogP contribution < -0.4 is 9.47 Å². The number of nitrogens with zero attached hydrogens (tertiary/aromatic N) is 4. The molecule has 0 unspecified atom stereocenters. The van der Waals surface area contributed by atoms with E-state index in [1.54, 1.807) is 29.2 Å². The van der Waals surface area contributed by atoms with Gasteiger partial charge in [0.1, 0.15) is 13.2 Å². The highest BCUT2D eigenvalue weighted by molar-refractivity contribution is 7.89. The lowest BCUT2D eigenvalue weighted by molar-refractivity contribution is 0.170. The molecule has 0 atom stereocenters. The molecule has 0 amide bonds. The highest BCUT2D eigenvalue weighted by Gasteiger charge is 2.38. The molecule has 22 heavy (non-hydrogen) atoms. The summed E-state index contributed by atoms with van der Waals surface area (Å²) in [5, 5.41) is 7.63. The molecule has 0 bridgehead atoms. The normalized spacial score (nSPS) is 18.9. The molecule has 0 aliphatic carbocycles. The first-order chi connectivity index (χ1) is 10.6. The zero-order valence-electron chi connectivity index (χ0n) is 11.6. The quantitative estimate of drug-likeness (QED) is 0.807. The van der Waals surface area contributed by atoms with Gasteiger partial charge in [-0.1, -0.05) is 5.21 Å². The molecule has 1 aromatic heterocycles.